The third-order valence-electron chi connectivity index (χ3n) is 6.48. The minimum Gasteiger partial charge on any atom is -0.388 e. The molecule has 0 spiro atoms. The molecule has 1 aliphatic rings. The summed E-state index contributed by atoms with van der Waals surface area (Å²) >= 11 is 0. The van der Waals surface area contributed by atoms with Crippen LogP contribution in [0.2, 0.25) is 0 Å². The van der Waals surface area contributed by atoms with Crippen LogP contribution in [0, 0.1) is 0 Å². The van der Waals surface area contributed by atoms with Crippen molar-refractivity contribution in [2.75, 3.05) is 32.1 Å². The van der Waals surface area contributed by atoms with Crippen molar-refractivity contribution in [1.82, 2.24) is 25.0 Å². The van der Waals surface area contributed by atoms with Gasteiger partial charge in [-0.15, -0.1) is 0 Å². The van der Waals surface area contributed by atoms with E-state index < -0.39 is 0 Å². The summed E-state index contributed by atoms with van der Waals surface area (Å²) in [6.07, 6.45) is 9.61. The maximum absolute atomic E-state index is 12.9. The Morgan fingerprint density at radius 2 is 1.92 bits per heavy atom. The first-order chi connectivity index (χ1) is 17.4. The molecule has 0 amide bonds. The molecule has 3 aromatic rings. The van der Waals surface area contributed by atoms with Crippen LogP contribution < -0.4 is 10.6 Å². The first-order valence-electron chi connectivity index (χ1n) is 12.0. The summed E-state index contributed by atoms with van der Waals surface area (Å²) in [6, 6.07) is 8.34. The van der Waals surface area contributed by atoms with Crippen LogP contribution in [0.15, 0.2) is 97.2 Å². The molecule has 1 aromatic carbocycles. The zero-order chi connectivity index (χ0) is 25.7. The van der Waals surface area contributed by atoms with Crippen LogP contribution in [0.25, 0.3) is 21.9 Å². The van der Waals surface area contributed by atoms with Crippen LogP contribution in [0.3, 0.4) is 0 Å². The summed E-state index contributed by atoms with van der Waals surface area (Å²) < 4.78 is 14.9. The lowest BCUT2D eigenvalue weighted by Gasteiger charge is -2.27. The molecule has 0 atom stereocenters. The smallest absolute Gasteiger partial charge is 0.130 e. The normalized spacial score (nSPS) is 14.1. The molecule has 0 saturated carbocycles. The van der Waals surface area contributed by atoms with Gasteiger partial charge >= 0.3 is 0 Å². The summed E-state index contributed by atoms with van der Waals surface area (Å²) in [7, 11) is 1.82. The van der Waals surface area contributed by atoms with E-state index in [1.165, 1.54) is 0 Å². The number of hydrogen-bond donors (Lipinski definition) is 2. The predicted octanol–water partition coefficient (Wildman–Crippen LogP) is 5.60. The van der Waals surface area contributed by atoms with E-state index in [0.717, 1.165) is 63.2 Å². The number of pyridine rings is 1. The van der Waals surface area contributed by atoms with E-state index >= 15 is 0 Å². The van der Waals surface area contributed by atoms with Crippen molar-refractivity contribution in [3.8, 4) is 11.1 Å². The number of rotatable bonds is 10. The topological polar surface area (TPSA) is 58.0 Å². The van der Waals surface area contributed by atoms with Crippen LogP contribution in [0.5, 0.6) is 0 Å². The van der Waals surface area contributed by atoms with Crippen LogP contribution in [-0.2, 0) is 13.1 Å². The second kappa shape index (κ2) is 11.2. The van der Waals surface area contributed by atoms with Crippen LogP contribution in [0.1, 0.15) is 12.6 Å². The molecule has 0 bridgehead atoms. The standard InChI is InChI=1S/C29H33FN6/c1-6-23(8-7-20(2)21(3)31-5)22(4)34-29-16-26-15-24(9-10-25(26)17-32-29)27-18-33-36-14-13-35(12-11-30)19-28(27)36/h6-10,15-18,31H,2-4,11-14,19H2,1,5H3,(H,32,34)/b8-7-,23-6+. The molecular formula is C29H33FN6. The molecule has 7 heteroatoms. The Hall–Kier alpha value is -3.97. The summed E-state index contributed by atoms with van der Waals surface area (Å²) in [4.78, 5) is 6.71. The van der Waals surface area contributed by atoms with Crippen molar-refractivity contribution >= 4 is 16.6 Å². The van der Waals surface area contributed by atoms with Gasteiger partial charge in [-0.05, 0) is 41.2 Å². The Labute approximate surface area is 212 Å². The number of anilines is 1. The van der Waals surface area contributed by atoms with E-state index in [2.05, 4.69) is 63.6 Å². The van der Waals surface area contributed by atoms with E-state index in [0.29, 0.717) is 18.9 Å². The van der Waals surface area contributed by atoms with Crippen LogP contribution >= 0.6 is 0 Å². The van der Waals surface area contributed by atoms with Crippen LogP contribution in [-0.4, -0.2) is 46.5 Å². The van der Waals surface area contributed by atoms with Gasteiger partial charge in [0, 0.05) is 55.2 Å². The molecule has 6 nitrogen and oxygen atoms in total. The third-order valence-corrected chi connectivity index (χ3v) is 6.48. The maximum Gasteiger partial charge on any atom is 0.130 e. The number of nitrogens with zero attached hydrogens (tertiary/aromatic N) is 4. The molecule has 2 aromatic heterocycles. The lowest BCUT2D eigenvalue weighted by molar-refractivity contribution is 0.197. The lowest BCUT2D eigenvalue weighted by Crippen LogP contribution is -2.35. The van der Waals surface area contributed by atoms with Gasteiger partial charge in [-0.2, -0.15) is 5.10 Å². The highest BCUT2D eigenvalue weighted by Gasteiger charge is 2.21. The number of aromatic nitrogens is 3. The zero-order valence-corrected chi connectivity index (χ0v) is 21.0. The van der Waals surface area contributed by atoms with Crippen molar-refractivity contribution in [3.05, 3.63) is 103 Å². The molecule has 2 N–H and O–H groups in total. The van der Waals surface area contributed by atoms with Gasteiger partial charge in [0.2, 0.25) is 0 Å². The van der Waals surface area contributed by atoms with Gasteiger partial charge < -0.3 is 10.6 Å². The minimum atomic E-state index is -0.335. The number of nitrogens with one attached hydrogen (secondary N) is 2. The molecule has 4 rings (SSSR count). The van der Waals surface area contributed by atoms with Crippen molar-refractivity contribution < 1.29 is 4.39 Å². The Morgan fingerprint density at radius 3 is 2.67 bits per heavy atom. The SMILES string of the molecule is C=C(/C=C\C(=C/C)C(=C)Nc1cc2cc(-c3cnn4c3CN(CCF)CC4)ccc2cn1)C(=C)NC. The number of benzene rings is 1. The molecule has 36 heavy (non-hydrogen) atoms. The lowest BCUT2D eigenvalue weighted by atomic mass is 10.0. The summed E-state index contributed by atoms with van der Waals surface area (Å²) in [5, 5.41) is 13.0. The fourth-order valence-electron chi connectivity index (χ4n) is 4.27. The summed E-state index contributed by atoms with van der Waals surface area (Å²) in [5.41, 5.74) is 6.53. The van der Waals surface area contributed by atoms with Gasteiger partial charge in [-0.3, -0.25) is 9.58 Å². The van der Waals surface area contributed by atoms with Crippen molar-refractivity contribution in [3.63, 3.8) is 0 Å². The first-order valence-corrected chi connectivity index (χ1v) is 12.0. The number of hydrogen-bond acceptors (Lipinski definition) is 5. The molecule has 0 saturated heterocycles. The number of allylic oxidation sites excluding steroid dienone is 3. The Bertz CT molecular complexity index is 1360. The monoisotopic (exact) mass is 484 g/mol. The Balaban J connectivity index is 1.55. The molecule has 3 heterocycles. The van der Waals surface area contributed by atoms with Gasteiger partial charge in [-0.25, -0.2) is 9.37 Å². The van der Waals surface area contributed by atoms with Gasteiger partial charge in [0.1, 0.15) is 12.5 Å². The number of likely N-dealkylation sites (N-methyl/N-ethyl adjacent to an activating group) is 1. The summed E-state index contributed by atoms with van der Waals surface area (Å²) in [6.45, 7) is 16.5. The van der Waals surface area contributed by atoms with Crippen molar-refractivity contribution in [1.29, 1.82) is 0 Å². The quantitative estimate of drug-likeness (QED) is 0.367. The molecule has 0 fully saturated rings. The van der Waals surface area contributed by atoms with E-state index in [1.54, 1.807) is 0 Å². The number of alkyl halides is 1. The van der Waals surface area contributed by atoms with Crippen LogP contribution in [0.4, 0.5) is 10.2 Å². The highest BCUT2D eigenvalue weighted by atomic mass is 19.1. The third kappa shape index (κ3) is 5.47. The minimum absolute atomic E-state index is 0.335. The highest BCUT2D eigenvalue weighted by Crippen LogP contribution is 2.30. The van der Waals surface area contributed by atoms with E-state index in [4.69, 9.17) is 0 Å². The summed E-state index contributed by atoms with van der Waals surface area (Å²) in [5.74, 6) is 0.710. The molecule has 0 unspecified atom stereocenters. The molecule has 1 aliphatic heterocycles. The Kier molecular flexibility index (Phi) is 7.80. The fraction of sp³-hybridized carbons (Fsp3) is 0.241. The van der Waals surface area contributed by atoms with Crippen molar-refractivity contribution in [2.24, 2.45) is 0 Å². The predicted molar refractivity (Wildman–Crippen MR) is 147 cm³/mol. The average molecular weight is 485 g/mol. The molecule has 186 valence electrons. The molecule has 0 radical (unpaired) electrons. The number of fused-ring (bicyclic) bond motifs is 2. The van der Waals surface area contributed by atoms with Gasteiger partial charge in [0.05, 0.1) is 18.4 Å². The second-order valence-corrected chi connectivity index (χ2v) is 8.76. The van der Waals surface area contributed by atoms with Gasteiger partial charge in [0.15, 0.2) is 0 Å². The Morgan fingerprint density at radius 1 is 1.08 bits per heavy atom. The largest absolute Gasteiger partial charge is 0.388 e. The van der Waals surface area contributed by atoms with E-state index in [1.807, 2.05) is 55.3 Å². The second-order valence-electron chi connectivity index (χ2n) is 8.76. The fourth-order valence-corrected chi connectivity index (χ4v) is 4.27. The van der Waals surface area contributed by atoms with E-state index in [9.17, 15) is 4.39 Å². The highest BCUT2D eigenvalue weighted by molar-refractivity contribution is 5.89. The molecular weight excluding hydrogens is 451 g/mol. The average Bonchev–Trinajstić information content (AvgIpc) is 3.31. The first kappa shape index (κ1) is 25.1. The zero-order valence-electron chi connectivity index (χ0n) is 21.0. The maximum atomic E-state index is 12.9. The number of halogens is 1. The van der Waals surface area contributed by atoms with Crippen molar-refractivity contribution in [2.45, 2.75) is 20.0 Å². The molecule has 0 aliphatic carbocycles. The van der Waals surface area contributed by atoms with Gasteiger partial charge in [0.25, 0.3) is 0 Å². The van der Waals surface area contributed by atoms with E-state index in [-0.39, 0.29) is 6.67 Å². The van der Waals surface area contributed by atoms with Gasteiger partial charge in [-0.1, -0.05) is 50.1 Å².